The van der Waals surface area contributed by atoms with Crippen molar-refractivity contribution in [2.24, 2.45) is 5.73 Å². The molecule has 2 N–H and O–H groups in total. The van der Waals surface area contributed by atoms with Crippen molar-refractivity contribution >= 4 is 0 Å². The van der Waals surface area contributed by atoms with Crippen LogP contribution >= 0.6 is 0 Å². The Bertz CT molecular complexity index is 295. The lowest BCUT2D eigenvalue weighted by molar-refractivity contribution is 0.456. The fourth-order valence-electron chi connectivity index (χ4n) is 1.86. The first-order chi connectivity index (χ1) is 6.37. The zero-order valence-electron chi connectivity index (χ0n) is 7.61. The molecule has 0 bridgehead atoms. The predicted octanol–water partition coefficient (Wildman–Crippen LogP) is 1.63. The minimum atomic E-state index is 0.0846. The van der Waals surface area contributed by atoms with Crippen molar-refractivity contribution in [1.82, 2.24) is 4.98 Å². The van der Waals surface area contributed by atoms with Crippen molar-refractivity contribution in [3.8, 4) is 0 Å². The Morgan fingerprint density at radius 2 is 2.08 bits per heavy atom. The van der Waals surface area contributed by atoms with Crippen molar-refractivity contribution in [2.75, 3.05) is 6.54 Å². The molecule has 68 valence electrons. The van der Waals surface area contributed by atoms with E-state index in [1.807, 2.05) is 18.3 Å². The summed E-state index contributed by atoms with van der Waals surface area (Å²) in [4.78, 5) is 4.38. The van der Waals surface area contributed by atoms with Crippen LogP contribution in [0.25, 0.3) is 0 Å². The Kier molecular flexibility index (Phi) is 2.15. The van der Waals surface area contributed by atoms with E-state index >= 15 is 0 Å². The second-order valence-electron chi connectivity index (χ2n) is 3.58. The van der Waals surface area contributed by atoms with E-state index in [1.54, 1.807) is 0 Å². The minimum Gasteiger partial charge on any atom is -0.330 e. The second-order valence-corrected chi connectivity index (χ2v) is 3.58. The van der Waals surface area contributed by atoms with Crippen molar-refractivity contribution in [1.29, 1.82) is 0 Å². The zero-order valence-corrected chi connectivity index (χ0v) is 7.61. The highest BCUT2D eigenvalue weighted by Crippen LogP contribution is 2.34. The van der Waals surface area contributed by atoms with Gasteiger partial charge in [-0.15, -0.1) is 0 Å². The van der Waals surface area contributed by atoms with Crippen molar-refractivity contribution < 1.29 is 0 Å². The van der Waals surface area contributed by atoms with Gasteiger partial charge in [0.25, 0.3) is 0 Å². The molecule has 0 saturated heterocycles. The van der Waals surface area contributed by atoms with Gasteiger partial charge in [0.15, 0.2) is 0 Å². The SMILES string of the molecule is NCC1(c2ccccn2)CC=CC1. The van der Waals surface area contributed by atoms with Crippen LogP contribution in [0.5, 0.6) is 0 Å². The Hall–Kier alpha value is -1.15. The summed E-state index contributed by atoms with van der Waals surface area (Å²) in [5, 5.41) is 0. The quantitative estimate of drug-likeness (QED) is 0.692. The molecule has 0 spiro atoms. The van der Waals surface area contributed by atoms with Gasteiger partial charge in [0.2, 0.25) is 0 Å². The summed E-state index contributed by atoms with van der Waals surface area (Å²) in [5.41, 5.74) is 7.03. The number of hydrogen-bond acceptors (Lipinski definition) is 2. The molecule has 0 aliphatic heterocycles. The number of nitrogens with two attached hydrogens (primary N) is 1. The van der Waals surface area contributed by atoms with E-state index in [9.17, 15) is 0 Å². The molecule has 1 aromatic rings. The number of aromatic nitrogens is 1. The monoisotopic (exact) mass is 174 g/mol. The van der Waals surface area contributed by atoms with Gasteiger partial charge in [-0.25, -0.2) is 0 Å². The van der Waals surface area contributed by atoms with Crippen LogP contribution in [-0.2, 0) is 5.41 Å². The van der Waals surface area contributed by atoms with Crippen molar-refractivity contribution in [3.05, 3.63) is 42.2 Å². The average Bonchev–Trinajstić information content (AvgIpc) is 2.69. The summed E-state index contributed by atoms with van der Waals surface area (Å²) in [5.74, 6) is 0. The summed E-state index contributed by atoms with van der Waals surface area (Å²) in [6.45, 7) is 0.678. The lowest BCUT2D eigenvalue weighted by atomic mass is 9.82. The number of hydrogen-bond donors (Lipinski definition) is 1. The lowest BCUT2D eigenvalue weighted by Crippen LogP contribution is -2.33. The number of nitrogens with zero attached hydrogens (tertiary/aromatic N) is 1. The Morgan fingerprint density at radius 3 is 2.62 bits per heavy atom. The molecule has 1 heterocycles. The molecular formula is C11H14N2. The molecule has 0 radical (unpaired) electrons. The van der Waals surface area contributed by atoms with Crippen molar-refractivity contribution in [3.63, 3.8) is 0 Å². The van der Waals surface area contributed by atoms with Gasteiger partial charge in [-0.1, -0.05) is 18.2 Å². The molecule has 1 aliphatic rings. The van der Waals surface area contributed by atoms with Gasteiger partial charge in [0.05, 0.1) is 0 Å². The van der Waals surface area contributed by atoms with Gasteiger partial charge in [-0.3, -0.25) is 4.98 Å². The van der Waals surface area contributed by atoms with Crippen LogP contribution in [0.4, 0.5) is 0 Å². The number of pyridine rings is 1. The topological polar surface area (TPSA) is 38.9 Å². The third-order valence-electron chi connectivity index (χ3n) is 2.78. The van der Waals surface area contributed by atoms with Crippen LogP contribution in [0, 0.1) is 0 Å². The maximum atomic E-state index is 5.82. The van der Waals surface area contributed by atoms with E-state index in [2.05, 4.69) is 23.2 Å². The van der Waals surface area contributed by atoms with Gasteiger partial charge >= 0.3 is 0 Å². The third kappa shape index (κ3) is 1.38. The molecule has 0 unspecified atom stereocenters. The van der Waals surface area contributed by atoms with E-state index in [0.29, 0.717) is 6.54 Å². The summed E-state index contributed by atoms with van der Waals surface area (Å²) in [7, 11) is 0. The fourth-order valence-corrected chi connectivity index (χ4v) is 1.86. The summed E-state index contributed by atoms with van der Waals surface area (Å²) < 4.78 is 0. The first kappa shape index (κ1) is 8.45. The highest BCUT2D eigenvalue weighted by atomic mass is 14.7. The molecule has 0 amide bonds. The Labute approximate surface area is 78.5 Å². The Balaban J connectivity index is 2.32. The molecule has 0 fully saturated rings. The number of allylic oxidation sites excluding steroid dienone is 2. The van der Waals surface area contributed by atoms with Gasteiger partial charge < -0.3 is 5.73 Å². The number of rotatable bonds is 2. The average molecular weight is 174 g/mol. The van der Waals surface area contributed by atoms with Crippen LogP contribution in [-0.4, -0.2) is 11.5 Å². The van der Waals surface area contributed by atoms with E-state index < -0.39 is 0 Å². The minimum absolute atomic E-state index is 0.0846. The van der Waals surface area contributed by atoms with Crippen LogP contribution in [0.1, 0.15) is 18.5 Å². The van der Waals surface area contributed by atoms with Crippen LogP contribution in [0.3, 0.4) is 0 Å². The molecule has 2 rings (SSSR count). The van der Waals surface area contributed by atoms with Crippen molar-refractivity contribution in [2.45, 2.75) is 18.3 Å². The lowest BCUT2D eigenvalue weighted by Gasteiger charge is -2.26. The van der Waals surface area contributed by atoms with Crippen LogP contribution < -0.4 is 5.73 Å². The maximum Gasteiger partial charge on any atom is 0.0484 e. The largest absolute Gasteiger partial charge is 0.330 e. The van der Waals surface area contributed by atoms with Gasteiger partial charge in [0.1, 0.15) is 0 Å². The zero-order chi connectivity index (χ0) is 9.15. The normalized spacial score (nSPS) is 19.2. The van der Waals surface area contributed by atoms with Crippen LogP contribution in [0.15, 0.2) is 36.5 Å². The molecule has 2 nitrogen and oxygen atoms in total. The van der Waals surface area contributed by atoms with E-state index in [1.165, 1.54) is 0 Å². The second kappa shape index (κ2) is 3.30. The molecule has 0 saturated carbocycles. The summed E-state index contributed by atoms with van der Waals surface area (Å²) in [6, 6.07) is 6.04. The molecular weight excluding hydrogens is 160 g/mol. The van der Waals surface area contributed by atoms with E-state index in [4.69, 9.17) is 5.73 Å². The fraction of sp³-hybridized carbons (Fsp3) is 0.364. The third-order valence-corrected chi connectivity index (χ3v) is 2.78. The highest BCUT2D eigenvalue weighted by molar-refractivity contribution is 5.24. The predicted molar refractivity (Wildman–Crippen MR) is 53.3 cm³/mol. The van der Waals surface area contributed by atoms with E-state index in [0.717, 1.165) is 18.5 Å². The summed E-state index contributed by atoms with van der Waals surface area (Å²) >= 11 is 0. The molecule has 2 heteroatoms. The molecule has 13 heavy (non-hydrogen) atoms. The van der Waals surface area contributed by atoms with Gasteiger partial charge in [-0.05, 0) is 25.0 Å². The van der Waals surface area contributed by atoms with E-state index in [-0.39, 0.29) is 5.41 Å². The summed E-state index contributed by atoms with van der Waals surface area (Å²) in [6.07, 6.45) is 8.29. The smallest absolute Gasteiger partial charge is 0.0484 e. The standard InChI is InChI=1S/C11H14N2/c12-9-11(6-2-3-7-11)10-5-1-4-8-13-10/h1-5,8H,6-7,9,12H2. The molecule has 0 atom stereocenters. The Morgan fingerprint density at radius 1 is 1.31 bits per heavy atom. The van der Waals surface area contributed by atoms with Crippen LogP contribution in [0.2, 0.25) is 0 Å². The molecule has 1 aliphatic carbocycles. The van der Waals surface area contributed by atoms with Gasteiger partial charge in [0, 0.05) is 23.9 Å². The first-order valence-electron chi connectivity index (χ1n) is 4.64. The maximum absolute atomic E-state index is 5.82. The first-order valence-corrected chi connectivity index (χ1v) is 4.64. The molecule has 1 aromatic heterocycles. The van der Waals surface area contributed by atoms with Gasteiger partial charge in [-0.2, -0.15) is 0 Å². The highest BCUT2D eigenvalue weighted by Gasteiger charge is 2.32. The molecule has 0 aromatic carbocycles.